The number of pyridine rings is 1. The van der Waals surface area contributed by atoms with E-state index in [1.54, 1.807) is 15.9 Å². The standard InChI is InChI=1S/C35H19NPSe2.C5H8O2.Ir/c1-3-10-24-17-31-29(15-22(24)8-1)37-30-16-23-9-2-4-11-25(23)18-32(30)39-34-20-26(19-33(38-31)35(34)37)28-14-13-21-7-5-6-12-27(21)36-28;1-4(6)3-5(2)7;/h1-19H;3,6H,1-2H3;/q-1;;/b;4-3-;. The number of carbonyl (C=O) groups excluding carboxylic acids is 1. The van der Waals surface area contributed by atoms with Crippen molar-refractivity contribution in [1.29, 1.82) is 0 Å². The van der Waals surface area contributed by atoms with Gasteiger partial charge >= 0.3 is 242 Å². The number of aliphatic hydroxyl groups excluding tert-OH is 1. The summed E-state index contributed by atoms with van der Waals surface area (Å²) in [6.45, 7) is 2.85. The maximum absolute atomic E-state index is 10.0. The fourth-order valence-corrected chi connectivity index (χ4v) is 16.0. The first kappa shape index (κ1) is 32.1. The number of hydrogen-bond acceptors (Lipinski definition) is 3. The van der Waals surface area contributed by atoms with Crippen molar-refractivity contribution in [3.05, 3.63) is 133 Å². The van der Waals surface area contributed by atoms with Crippen LogP contribution in [0.2, 0.25) is 0 Å². The third kappa shape index (κ3) is 6.17. The third-order valence-corrected chi connectivity index (χ3v) is 16.6. The zero-order valence-electron chi connectivity index (χ0n) is 25.4. The van der Waals surface area contributed by atoms with E-state index in [9.17, 15) is 4.79 Å². The number of rotatable bonds is 2. The van der Waals surface area contributed by atoms with Gasteiger partial charge in [-0.15, -0.1) is 0 Å². The number of hydrogen-bond donors (Lipinski definition) is 1. The summed E-state index contributed by atoms with van der Waals surface area (Å²) in [5, 5.41) is 19.6. The van der Waals surface area contributed by atoms with Gasteiger partial charge in [-0.25, -0.2) is 0 Å². The summed E-state index contributed by atoms with van der Waals surface area (Å²) in [5.41, 5.74) is 3.21. The van der Waals surface area contributed by atoms with Gasteiger partial charge in [0.25, 0.3) is 0 Å². The molecule has 0 bridgehead atoms. The molecule has 0 amide bonds. The van der Waals surface area contributed by atoms with E-state index in [1.807, 2.05) is 0 Å². The van der Waals surface area contributed by atoms with Gasteiger partial charge in [-0.05, 0) is 13.8 Å². The summed E-state index contributed by atoms with van der Waals surface area (Å²) in [6, 6.07) is 46.7. The van der Waals surface area contributed by atoms with E-state index in [1.165, 1.54) is 64.7 Å². The van der Waals surface area contributed by atoms with E-state index in [2.05, 4.69) is 121 Å². The summed E-state index contributed by atoms with van der Waals surface area (Å²) < 4.78 is 6.00. The van der Waals surface area contributed by atoms with Gasteiger partial charge in [-0.3, -0.25) is 4.79 Å². The summed E-state index contributed by atoms with van der Waals surface area (Å²) in [6.07, 6.45) is 1.17. The Balaban J connectivity index is 0.000000399. The van der Waals surface area contributed by atoms with Crippen LogP contribution in [0.15, 0.2) is 127 Å². The van der Waals surface area contributed by atoms with E-state index in [4.69, 9.17) is 10.1 Å². The van der Waals surface area contributed by atoms with Crippen molar-refractivity contribution in [2.24, 2.45) is 0 Å². The quantitative estimate of drug-likeness (QED) is 0.0898. The molecular weight excluding hydrogens is 908 g/mol. The van der Waals surface area contributed by atoms with Gasteiger partial charge in [-0.2, -0.15) is 0 Å². The third-order valence-electron chi connectivity index (χ3n) is 8.05. The number of aromatic nitrogens is 1. The molecule has 0 saturated heterocycles. The Bertz CT molecular complexity index is 2290. The number of aliphatic hydroxyl groups is 1. The van der Waals surface area contributed by atoms with Crippen LogP contribution in [-0.4, -0.2) is 45.8 Å². The Morgan fingerprint density at radius 2 is 1.26 bits per heavy atom. The fraction of sp³-hybridized carbons (Fsp3) is 0.0500. The van der Waals surface area contributed by atoms with Crippen molar-refractivity contribution in [3.63, 3.8) is 0 Å². The van der Waals surface area contributed by atoms with Crippen molar-refractivity contribution in [2.45, 2.75) is 13.8 Å². The van der Waals surface area contributed by atoms with Crippen molar-refractivity contribution < 1.29 is 30.0 Å². The van der Waals surface area contributed by atoms with Crippen molar-refractivity contribution >= 4 is 110 Å². The van der Waals surface area contributed by atoms with Crippen LogP contribution in [0.4, 0.5) is 0 Å². The molecule has 7 heteroatoms. The molecule has 47 heavy (non-hydrogen) atoms. The van der Waals surface area contributed by atoms with Crippen LogP contribution in [0.25, 0.3) is 43.7 Å². The van der Waals surface area contributed by atoms with Crippen molar-refractivity contribution in [1.82, 2.24) is 4.98 Å². The topological polar surface area (TPSA) is 50.2 Å². The Labute approximate surface area is 300 Å². The average Bonchev–Trinajstić information content (AvgIpc) is 3.05. The molecule has 1 radical (unpaired) electrons. The van der Waals surface area contributed by atoms with Crippen molar-refractivity contribution in [2.75, 3.05) is 0 Å². The zero-order valence-corrected chi connectivity index (χ0v) is 32.2. The molecule has 231 valence electrons. The number of ketones is 1. The number of carbonyl (C=O) groups is 1. The molecule has 1 aromatic heterocycles. The van der Waals surface area contributed by atoms with Crippen LogP contribution < -0.4 is 33.8 Å². The van der Waals surface area contributed by atoms with Crippen LogP contribution >= 0.6 is 7.92 Å². The Kier molecular flexibility index (Phi) is 9.05. The minimum atomic E-state index is -0.627. The minimum absolute atomic E-state index is 0. The van der Waals surface area contributed by atoms with Crippen LogP contribution in [0.1, 0.15) is 13.8 Å². The summed E-state index contributed by atoms with van der Waals surface area (Å²) in [7, 11) is -0.627. The van der Waals surface area contributed by atoms with E-state index in [0.717, 1.165) is 16.8 Å². The Morgan fingerprint density at radius 1 is 0.702 bits per heavy atom. The van der Waals surface area contributed by atoms with Crippen LogP contribution in [0.5, 0.6) is 0 Å². The molecule has 0 aliphatic carbocycles. The molecule has 0 spiro atoms. The molecule has 0 saturated carbocycles. The van der Waals surface area contributed by atoms with E-state index in [-0.39, 0.29) is 61.6 Å². The first-order valence-electron chi connectivity index (χ1n) is 15.0. The summed E-state index contributed by atoms with van der Waals surface area (Å²) in [4.78, 5) is 15.1. The zero-order chi connectivity index (χ0) is 31.4. The predicted molar refractivity (Wildman–Crippen MR) is 197 cm³/mol. The van der Waals surface area contributed by atoms with Crippen LogP contribution in [-0.2, 0) is 24.9 Å². The molecule has 0 fully saturated rings. The Morgan fingerprint density at radius 3 is 1.83 bits per heavy atom. The number of fused-ring (bicyclic) bond motifs is 7. The fourth-order valence-electron chi connectivity index (χ4n) is 6.07. The van der Waals surface area contributed by atoms with Gasteiger partial charge in [0, 0.05) is 26.2 Å². The number of nitrogens with zero attached hydrogens (tertiary/aromatic N) is 1. The van der Waals surface area contributed by atoms with Gasteiger partial charge in [0.2, 0.25) is 0 Å². The second-order valence-electron chi connectivity index (χ2n) is 11.4. The summed E-state index contributed by atoms with van der Waals surface area (Å²) in [5.74, 6) is -0.0625. The van der Waals surface area contributed by atoms with Crippen LogP contribution in [0, 0.1) is 6.07 Å². The van der Waals surface area contributed by atoms with Gasteiger partial charge in [-0.1, -0.05) is 0 Å². The van der Waals surface area contributed by atoms with Gasteiger partial charge in [0.1, 0.15) is 0 Å². The van der Waals surface area contributed by atoms with Crippen LogP contribution in [0.3, 0.4) is 0 Å². The second-order valence-corrected chi connectivity index (χ2v) is 17.9. The molecule has 7 aromatic rings. The number of benzene rings is 6. The SMILES string of the molecule is CC(=O)/C=C(/C)O.[Ir].[c-]1c(-c2ccc3ccccc3n2)cc2c3c1[Se]c1cc4ccccc4cc1P3c1cc3ccccc3cc1[Se]2. The molecule has 2 aliphatic heterocycles. The monoisotopic (exact) mass is 937 g/mol. The molecule has 1 atom stereocenters. The van der Waals surface area contributed by atoms with E-state index >= 15 is 0 Å². The van der Waals surface area contributed by atoms with Gasteiger partial charge < -0.3 is 5.11 Å². The van der Waals surface area contributed by atoms with E-state index < -0.39 is 7.92 Å². The normalized spacial score (nSPS) is 14.3. The number of para-hydroxylation sites is 1. The first-order valence-corrected chi connectivity index (χ1v) is 19.7. The molecule has 3 nitrogen and oxygen atoms in total. The van der Waals surface area contributed by atoms with Crippen molar-refractivity contribution in [3.8, 4) is 11.3 Å². The first-order chi connectivity index (χ1) is 22.4. The summed E-state index contributed by atoms with van der Waals surface area (Å²) >= 11 is 0.451. The predicted octanol–water partition coefficient (Wildman–Crippen LogP) is 4.74. The second kappa shape index (κ2) is 13.2. The Hall–Kier alpha value is -3.42. The van der Waals surface area contributed by atoms with E-state index in [0.29, 0.717) is 0 Å². The molecule has 6 aromatic carbocycles. The molecule has 1 unspecified atom stereocenters. The average molecular weight is 935 g/mol. The molecule has 1 N–H and O–H groups in total. The molecule has 2 aliphatic rings. The maximum atomic E-state index is 10.0. The van der Waals surface area contributed by atoms with Gasteiger partial charge in [0.15, 0.2) is 5.78 Å². The molecule has 9 rings (SSSR count). The molecule has 3 heterocycles. The molecular formula is C40H27IrNO2PSe2-. The van der Waals surface area contributed by atoms with Gasteiger partial charge in [0.05, 0.1) is 5.76 Å². The number of allylic oxidation sites excluding steroid dienone is 2.